The summed E-state index contributed by atoms with van der Waals surface area (Å²) in [5, 5.41) is 2.26. The van der Waals surface area contributed by atoms with Crippen LogP contribution in [0.4, 0.5) is 11.4 Å². The summed E-state index contributed by atoms with van der Waals surface area (Å²) in [5.41, 5.74) is 13.9. The molecule has 0 saturated carbocycles. The molecule has 380 valence electrons. The van der Waals surface area contributed by atoms with Gasteiger partial charge in [0.2, 0.25) is 0 Å². The zero-order chi connectivity index (χ0) is 51.7. The maximum absolute atomic E-state index is 6.96. The van der Waals surface area contributed by atoms with Gasteiger partial charge in [0.05, 0.1) is 0 Å². The number of nitrogens with zero attached hydrogens (tertiary/aromatic N) is 4. The van der Waals surface area contributed by atoms with Crippen molar-refractivity contribution < 1.29 is 25.8 Å². The first-order chi connectivity index (χ1) is 34.6. The molecule has 10 rings (SSSR count). The molecule has 1 aliphatic heterocycles. The molecule has 0 N–H and O–H groups in total. The monoisotopic (exact) mass is 1150 g/mol. The molecule has 6 heteroatoms. The average molecular weight is 1150 g/mol. The van der Waals surface area contributed by atoms with E-state index in [2.05, 4.69) is 287 Å². The van der Waals surface area contributed by atoms with Gasteiger partial charge in [-0.2, -0.15) is 6.07 Å². The van der Waals surface area contributed by atoms with Gasteiger partial charge in [-0.15, -0.1) is 53.6 Å². The molecule has 0 aliphatic carbocycles. The van der Waals surface area contributed by atoms with Crippen molar-refractivity contribution in [2.75, 3.05) is 9.80 Å². The number of pyridine rings is 1. The van der Waals surface area contributed by atoms with Gasteiger partial charge in [0.25, 0.3) is 0 Å². The van der Waals surface area contributed by atoms with Gasteiger partial charge in [-0.25, -0.2) is 4.98 Å². The molecular weight excluding hydrogens is 1080 g/mol. The number of hydrogen-bond donors (Lipinski definition) is 0. The van der Waals surface area contributed by atoms with E-state index in [1.807, 2.05) is 12.3 Å². The van der Waals surface area contributed by atoms with Gasteiger partial charge >= 0.3 is 0 Å². The fraction of sp³-hybridized carbons (Fsp3) is 0.265. The maximum Gasteiger partial charge on any atom is 0.135 e. The zero-order valence-electron chi connectivity index (χ0n) is 45.3. The Kier molecular flexibility index (Phi) is 13.8. The SMILES string of the molecule is CC(C)(C)c1cc(Oc2[c-]c3c(cc2)c2cc(C(C)(C)C)ccc2n3-c2cc(C(C)(C)C)ccn2)[c-]c(N2C=C(c3ccccc3)N(c3cc(C(C)(C)c4ccccc4)cc(C(C)(C)c4ccccc4)c3)[CH-]2)c1.[Pt]. The summed E-state index contributed by atoms with van der Waals surface area (Å²) in [6.45, 7) is 31.8. The quantitative estimate of drug-likeness (QED) is 0.128. The minimum atomic E-state index is -0.285. The normalized spacial score (nSPS) is 13.6. The molecular formula is C68H69N4OPt-3. The Bertz CT molecular complexity index is 3440. The smallest absolute Gasteiger partial charge is 0.135 e. The van der Waals surface area contributed by atoms with Crippen molar-refractivity contribution in [3.63, 3.8) is 0 Å². The number of rotatable bonds is 10. The van der Waals surface area contributed by atoms with E-state index >= 15 is 0 Å². The third-order valence-corrected chi connectivity index (χ3v) is 15.0. The van der Waals surface area contributed by atoms with E-state index in [1.54, 1.807) is 0 Å². The third-order valence-electron chi connectivity index (χ3n) is 15.0. The van der Waals surface area contributed by atoms with Gasteiger partial charge in [-0.05, 0) is 97.1 Å². The van der Waals surface area contributed by atoms with Gasteiger partial charge in [-0.3, -0.25) is 0 Å². The zero-order valence-corrected chi connectivity index (χ0v) is 47.6. The van der Waals surface area contributed by atoms with E-state index in [9.17, 15) is 0 Å². The van der Waals surface area contributed by atoms with Crippen LogP contribution in [0, 0.1) is 18.8 Å². The van der Waals surface area contributed by atoms with Crippen LogP contribution >= 0.6 is 0 Å². The molecule has 0 atom stereocenters. The minimum Gasteiger partial charge on any atom is -0.509 e. The molecule has 0 spiro atoms. The molecule has 0 bridgehead atoms. The first-order valence-electron chi connectivity index (χ1n) is 25.8. The van der Waals surface area contributed by atoms with Crippen LogP contribution in [0.25, 0.3) is 33.3 Å². The van der Waals surface area contributed by atoms with E-state index in [1.165, 1.54) is 33.4 Å². The van der Waals surface area contributed by atoms with E-state index in [-0.39, 0.29) is 48.1 Å². The number of aromatic nitrogens is 2. The second-order valence-corrected chi connectivity index (χ2v) is 24.0. The fourth-order valence-electron chi connectivity index (χ4n) is 10.1. The molecule has 7 aromatic carbocycles. The van der Waals surface area contributed by atoms with Crippen LogP contribution in [0.2, 0.25) is 0 Å². The number of fused-ring (bicyclic) bond motifs is 3. The predicted molar refractivity (Wildman–Crippen MR) is 306 cm³/mol. The summed E-state index contributed by atoms with van der Waals surface area (Å²) in [7, 11) is 0. The van der Waals surface area contributed by atoms with Crippen molar-refractivity contribution in [2.45, 2.75) is 117 Å². The molecule has 0 radical (unpaired) electrons. The van der Waals surface area contributed by atoms with Crippen LogP contribution in [0.15, 0.2) is 176 Å². The second-order valence-electron chi connectivity index (χ2n) is 24.0. The van der Waals surface area contributed by atoms with Crippen LogP contribution < -0.4 is 14.5 Å². The summed E-state index contributed by atoms with van der Waals surface area (Å²) >= 11 is 0. The summed E-state index contributed by atoms with van der Waals surface area (Å²) in [6.07, 6.45) is 4.16. The molecule has 1 aliphatic rings. The molecule has 0 amide bonds. The van der Waals surface area contributed by atoms with Crippen LogP contribution in [0.5, 0.6) is 11.5 Å². The Balaban J connectivity index is 0.00000672. The predicted octanol–water partition coefficient (Wildman–Crippen LogP) is 17.6. The summed E-state index contributed by atoms with van der Waals surface area (Å²) in [5.74, 6) is 2.07. The fourth-order valence-corrected chi connectivity index (χ4v) is 10.1. The van der Waals surface area contributed by atoms with Crippen LogP contribution in [-0.4, -0.2) is 9.55 Å². The summed E-state index contributed by atoms with van der Waals surface area (Å²) < 4.78 is 9.20. The largest absolute Gasteiger partial charge is 0.509 e. The van der Waals surface area contributed by atoms with Crippen molar-refractivity contribution in [3.8, 4) is 17.3 Å². The van der Waals surface area contributed by atoms with Crippen LogP contribution in [-0.2, 0) is 48.1 Å². The van der Waals surface area contributed by atoms with Gasteiger partial charge in [0, 0.05) is 66.5 Å². The Morgan fingerprint density at radius 1 is 0.473 bits per heavy atom. The van der Waals surface area contributed by atoms with Crippen molar-refractivity contribution >= 4 is 38.9 Å². The van der Waals surface area contributed by atoms with E-state index in [4.69, 9.17) is 9.72 Å². The van der Waals surface area contributed by atoms with Gasteiger partial charge < -0.3 is 19.1 Å². The van der Waals surface area contributed by atoms with Gasteiger partial charge in [0.15, 0.2) is 0 Å². The van der Waals surface area contributed by atoms with E-state index in [0.717, 1.165) is 55.8 Å². The minimum absolute atomic E-state index is 0. The Hall–Kier alpha value is -6.68. The summed E-state index contributed by atoms with van der Waals surface area (Å²) in [4.78, 5) is 9.51. The standard InChI is InChI=1S/C68H69N4O.Pt/c1-64(2,3)49-29-32-60-59(40-49)58-31-30-56(43-61(58)72(60)63-41-50(33-34-69-63)65(4,5)6)73-57-39-51(66(7,8)9)36-54(42-57)70-44-62(46-23-17-14-18-24-46)71(45-70)55-37-52(67(10,11)47-25-19-15-20-26-47)35-53(38-55)68(12,13)48-27-21-16-22-28-48;/h14-41,44-45H,1-13H3;/q-3;. The van der Waals surface area contributed by atoms with Crippen molar-refractivity contribution in [1.82, 2.24) is 9.55 Å². The molecule has 5 nitrogen and oxygen atoms in total. The average Bonchev–Trinajstić information content (AvgIpc) is 3.96. The summed E-state index contributed by atoms with van der Waals surface area (Å²) in [6, 6.07) is 66.8. The van der Waals surface area contributed by atoms with Gasteiger partial charge in [0.1, 0.15) is 5.82 Å². The van der Waals surface area contributed by atoms with E-state index < -0.39 is 0 Å². The van der Waals surface area contributed by atoms with Gasteiger partial charge in [-0.1, -0.05) is 205 Å². The third kappa shape index (κ3) is 10.1. The van der Waals surface area contributed by atoms with Crippen molar-refractivity contribution in [2.24, 2.45) is 0 Å². The molecule has 3 heterocycles. The number of anilines is 2. The maximum atomic E-state index is 6.96. The van der Waals surface area contributed by atoms with Crippen molar-refractivity contribution in [3.05, 3.63) is 239 Å². The molecule has 74 heavy (non-hydrogen) atoms. The Morgan fingerprint density at radius 2 is 1.04 bits per heavy atom. The first-order valence-corrected chi connectivity index (χ1v) is 25.8. The van der Waals surface area contributed by atoms with E-state index in [0.29, 0.717) is 11.5 Å². The van der Waals surface area contributed by atoms with Crippen LogP contribution in [0.3, 0.4) is 0 Å². The van der Waals surface area contributed by atoms with Crippen molar-refractivity contribution in [1.29, 1.82) is 0 Å². The molecule has 0 unspecified atom stereocenters. The Labute approximate surface area is 455 Å². The molecule has 9 aromatic rings. The topological polar surface area (TPSA) is 33.5 Å². The number of hydrogen-bond acceptors (Lipinski definition) is 4. The number of benzene rings is 7. The Morgan fingerprint density at radius 3 is 1.62 bits per heavy atom. The molecule has 0 fully saturated rings. The van der Waals surface area contributed by atoms with Crippen LogP contribution in [0.1, 0.15) is 135 Å². The number of ether oxygens (including phenoxy) is 1. The molecule has 0 saturated heterocycles. The molecule has 2 aromatic heterocycles. The first kappa shape index (κ1) is 52.2. The second kappa shape index (κ2) is 19.5.